The summed E-state index contributed by atoms with van der Waals surface area (Å²) >= 11 is 6.10. The van der Waals surface area contributed by atoms with E-state index in [1.807, 2.05) is 19.1 Å². The summed E-state index contributed by atoms with van der Waals surface area (Å²) in [5.41, 5.74) is 2.86. The summed E-state index contributed by atoms with van der Waals surface area (Å²) in [5, 5.41) is 10.8. The van der Waals surface area contributed by atoms with Gasteiger partial charge in [0.1, 0.15) is 36.3 Å². The van der Waals surface area contributed by atoms with Gasteiger partial charge in [0.15, 0.2) is 0 Å². The summed E-state index contributed by atoms with van der Waals surface area (Å²) in [6.07, 6.45) is 1.43. The van der Waals surface area contributed by atoms with Gasteiger partial charge in [0, 0.05) is 16.9 Å². The molecule has 0 saturated carbocycles. The van der Waals surface area contributed by atoms with E-state index in [0.29, 0.717) is 39.4 Å². The van der Waals surface area contributed by atoms with E-state index in [1.165, 1.54) is 12.4 Å². The lowest BCUT2D eigenvalue weighted by molar-refractivity contribution is -0.113. The topological polar surface area (TPSA) is 90.3 Å². The van der Waals surface area contributed by atoms with Crippen LogP contribution < -0.4 is 20.1 Å². The minimum atomic E-state index is -0.535. The molecule has 1 aromatic heterocycles. The predicted octanol–water partition coefficient (Wildman–Crippen LogP) is 5.59. The number of carbonyl (C=O) groups is 1. The molecule has 0 radical (unpaired) electrons. The van der Waals surface area contributed by atoms with Crippen LogP contribution in [0.1, 0.15) is 24.1 Å². The van der Waals surface area contributed by atoms with E-state index in [1.54, 1.807) is 60.3 Å². The zero-order valence-corrected chi connectivity index (χ0v) is 20.8. The molecule has 5 rings (SSSR count). The Morgan fingerprint density at radius 1 is 1.11 bits per heavy atom. The molecule has 1 aliphatic rings. The summed E-state index contributed by atoms with van der Waals surface area (Å²) < 4.78 is 26.7. The number of fused-ring (bicyclic) bond motifs is 1. The van der Waals surface area contributed by atoms with Gasteiger partial charge in [-0.3, -0.25) is 4.79 Å². The van der Waals surface area contributed by atoms with Gasteiger partial charge in [-0.1, -0.05) is 29.8 Å². The first-order valence-electron chi connectivity index (χ1n) is 11.4. The molecule has 1 amide bonds. The molecule has 188 valence electrons. The number of rotatable bonds is 7. The van der Waals surface area contributed by atoms with Gasteiger partial charge < -0.3 is 20.1 Å². The lowest BCUT2D eigenvalue weighted by atomic mass is 9.95. The predicted molar refractivity (Wildman–Crippen MR) is 138 cm³/mol. The Balaban J connectivity index is 1.40. The maximum atomic E-state index is 14.1. The Morgan fingerprint density at radius 3 is 2.54 bits per heavy atom. The van der Waals surface area contributed by atoms with Gasteiger partial charge in [0.05, 0.1) is 17.7 Å². The molecule has 2 N–H and O–H groups in total. The minimum absolute atomic E-state index is 0.0139. The van der Waals surface area contributed by atoms with E-state index in [0.717, 1.165) is 5.56 Å². The van der Waals surface area contributed by atoms with Gasteiger partial charge in [-0.25, -0.2) is 9.07 Å². The highest BCUT2D eigenvalue weighted by atomic mass is 35.5. The molecule has 37 heavy (non-hydrogen) atoms. The second kappa shape index (κ2) is 10.3. The van der Waals surface area contributed by atoms with Crippen molar-refractivity contribution >= 4 is 29.1 Å². The van der Waals surface area contributed by atoms with E-state index in [9.17, 15) is 9.18 Å². The number of aromatic nitrogens is 3. The van der Waals surface area contributed by atoms with E-state index in [-0.39, 0.29) is 18.1 Å². The largest absolute Gasteiger partial charge is 0.497 e. The Labute approximate surface area is 217 Å². The van der Waals surface area contributed by atoms with Crippen molar-refractivity contribution in [3.8, 4) is 11.5 Å². The van der Waals surface area contributed by atoms with Gasteiger partial charge in [-0.15, -0.1) is 0 Å². The number of nitrogens with zero attached hydrogens (tertiary/aromatic N) is 3. The molecule has 1 aliphatic heterocycles. The average Bonchev–Trinajstić information content (AvgIpc) is 3.36. The molecule has 0 bridgehead atoms. The van der Waals surface area contributed by atoms with Crippen molar-refractivity contribution in [3.63, 3.8) is 0 Å². The fraction of sp³-hybridized carbons (Fsp3) is 0.148. The molecule has 2 heterocycles. The van der Waals surface area contributed by atoms with Crippen LogP contribution in [0.3, 0.4) is 0 Å². The van der Waals surface area contributed by atoms with E-state index < -0.39 is 11.9 Å². The molecule has 10 heteroatoms. The molecular formula is C27H23ClFN5O3. The summed E-state index contributed by atoms with van der Waals surface area (Å²) in [6, 6.07) is 18.3. The summed E-state index contributed by atoms with van der Waals surface area (Å²) in [6.45, 7) is 1.81. The van der Waals surface area contributed by atoms with Crippen molar-refractivity contribution in [2.45, 2.75) is 19.6 Å². The van der Waals surface area contributed by atoms with Crippen molar-refractivity contribution in [1.82, 2.24) is 14.8 Å². The maximum absolute atomic E-state index is 14.1. The molecule has 8 nitrogen and oxygen atoms in total. The van der Waals surface area contributed by atoms with E-state index >= 15 is 0 Å². The van der Waals surface area contributed by atoms with Crippen LogP contribution in [0.25, 0.3) is 0 Å². The van der Waals surface area contributed by atoms with Gasteiger partial charge in [0.2, 0.25) is 5.95 Å². The number of nitrogens with one attached hydrogen (secondary N) is 2. The van der Waals surface area contributed by atoms with Crippen LogP contribution in [-0.2, 0) is 11.4 Å². The standard InChI is InChI=1S/C27H23ClFN5O3/c1-16-24(26(35)33-18-8-12-19(36-2)13-9-18)25(34-27(32-16)30-15-31-34)17-6-10-20(11-7-17)37-14-21-22(28)4-3-5-23(21)29/h3-13,15,25H,14H2,1-2H3,(H,33,35)(H,30,31,32)/t25-/m1/s1. The fourth-order valence-electron chi connectivity index (χ4n) is 4.14. The molecule has 0 fully saturated rings. The SMILES string of the molecule is COc1ccc(NC(=O)C2=C(C)Nc3ncnn3[C@@H]2c2ccc(OCc3c(F)cccc3Cl)cc2)cc1. The number of methoxy groups -OCH3 is 1. The smallest absolute Gasteiger partial charge is 0.255 e. The number of ether oxygens (including phenoxy) is 2. The number of allylic oxidation sites excluding steroid dienone is 1. The van der Waals surface area contributed by atoms with Crippen molar-refractivity contribution in [2.24, 2.45) is 0 Å². The third-order valence-corrected chi connectivity index (χ3v) is 6.38. The molecule has 1 atom stereocenters. The van der Waals surface area contributed by atoms with E-state index in [2.05, 4.69) is 20.7 Å². The van der Waals surface area contributed by atoms with Crippen LogP contribution in [0, 0.1) is 5.82 Å². The highest BCUT2D eigenvalue weighted by Gasteiger charge is 2.33. The first-order valence-corrected chi connectivity index (χ1v) is 11.8. The molecule has 0 saturated heterocycles. The Morgan fingerprint density at radius 2 is 1.84 bits per heavy atom. The third kappa shape index (κ3) is 4.99. The highest BCUT2D eigenvalue weighted by Crippen LogP contribution is 2.36. The number of hydrogen-bond acceptors (Lipinski definition) is 6. The molecule has 3 aromatic carbocycles. The molecular weight excluding hydrogens is 497 g/mol. The van der Waals surface area contributed by atoms with Crippen LogP contribution in [0.5, 0.6) is 11.5 Å². The quantitative estimate of drug-likeness (QED) is 0.331. The zero-order chi connectivity index (χ0) is 25.9. The van der Waals surface area contributed by atoms with Crippen LogP contribution in [0.15, 0.2) is 84.3 Å². The number of amides is 1. The summed E-state index contributed by atoms with van der Waals surface area (Å²) in [5.74, 6) is 1.04. The second-order valence-electron chi connectivity index (χ2n) is 8.33. The Hall–Kier alpha value is -4.37. The van der Waals surface area contributed by atoms with Crippen LogP contribution in [0.2, 0.25) is 5.02 Å². The Bertz CT molecular complexity index is 1450. The minimum Gasteiger partial charge on any atom is -0.497 e. The number of benzene rings is 3. The number of carbonyl (C=O) groups excluding carboxylic acids is 1. The van der Waals surface area contributed by atoms with Crippen molar-refractivity contribution < 1.29 is 18.7 Å². The van der Waals surface area contributed by atoms with Crippen molar-refractivity contribution in [1.29, 1.82) is 0 Å². The van der Waals surface area contributed by atoms with Crippen LogP contribution in [-0.4, -0.2) is 27.8 Å². The lowest BCUT2D eigenvalue weighted by Gasteiger charge is -2.28. The maximum Gasteiger partial charge on any atom is 0.255 e. The second-order valence-corrected chi connectivity index (χ2v) is 8.74. The summed E-state index contributed by atoms with van der Waals surface area (Å²) in [4.78, 5) is 17.7. The molecule has 0 aliphatic carbocycles. The molecule has 0 unspecified atom stereocenters. The average molecular weight is 520 g/mol. The van der Waals surface area contributed by atoms with Gasteiger partial charge >= 0.3 is 0 Å². The normalized spacial score (nSPS) is 14.5. The number of hydrogen-bond donors (Lipinski definition) is 2. The third-order valence-electron chi connectivity index (χ3n) is 6.03. The summed E-state index contributed by atoms with van der Waals surface area (Å²) in [7, 11) is 1.58. The first kappa shape index (κ1) is 24.3. The van der Waals surface area contributed by atoms with Crippen LogP contribution in [0.4, 0.5) is 16.0 Å². The van der Waals surface area contributed by atoms with Gasteiger partial charge in [0.25, 0.3) is 5.91 Å². The number of anilines is 2. The number of halogens is 2. The van der Waals surface area contributed by atoms with E-state index in [4.69, 9.17) is 21.1 Å². The van der Waals surface area contributed by atoms with Crippen molar-refractivity contribution in [3.05, 3.63) is 106 Å². The van der Waals surface area contributed by atoms with Crippen molar-refractivity contribution in [2.75, 3.05) is 17.7 Å². The monoisotopic (exact) mass is 519 g/mol. The van der Waals surface area contributed by atoms with Crippen LogP contribution >= 0.6 is 11.6 Å². The van der Waals surface area contributed by atoms with Gasteiger partial charge in [-0.05, 0) is 61.0 Å². The molecule has 4 aromatic rings. The van der Waals surface area contributed by atoms with Gasteiger partial charge in [-0.2, -0.15) is 10.1 Å². The first-order chi connectivity index (χ1) is 17.9. The Kier molecular flexibility index (Phi) is 6.78. The zero-order valence-electron chi connectivity index (χ0n) is 20.0. The fourth-order valence-corrected chi connectivity index (χ4v) is 4.36. The highest BCUT2D eigenvalue weighted by molar-refractivity contribution is 6.31. The molecule has 0 spiro atoms. The lowest BCUT2D eigenvalue weighted by Crippen LogP contribution is -2.31.